The van der Waals surface area contributed by atoms with Crippen molar-refractivity contribution in [2.24, 2.45) is 0 Å². The van der Waals surface area contributed by atoms with Gasteiger partial charge in [-0.25, -0.2) is 4.79 Å². The molecule has 0 aromatic carbocycles. The molecule has 0 bridgehead atoms. The van der Waals surface area contributed by atoms with Gasteiger partial charge in [0.25, 0.3) is 0 Å². The van der Waals surface area contributed by atoms with Crippen molar-refractivity contribution in [3.05, 3.63) is 12.7 Å². The zero-order valence-electron chi connectivity index (χ0n) is 10.2. The number of aromatic nitrogens is 3. The van der Waals surface area contributed by atoms with Gasteiger partial charge in [0, 0.05) is 6.08 Å². The van der Waals surface area contributed by atoms with Gasteiger partial charge in [-0.15, -0.1) is 0 Å². The zero-order valence-corrected chi connectivity index (χ0v) is 10.2. The molecule has 0 saturated carbocycles. The molecule has 10 heteroatoms. The van der Waals surface area contributed by atoms with Crippen molar-refractivity contribution in [3.63, 3.8) is 0 Å². The molecule has 0 aliphatic rings. The van der Waals surface area contributed by atoms with Crippen LogP contribution in [0.1, 0.15) is 0 Å². The Hall–Kier alpha value is -2.75. The second-order valence-corrected chi connectivity index (χ2v) is 2.51. The van der Waals surface area contributed by atoms with Crippen molar-refractivity contribution in [2.75, 3.05) is 30.4 Å². The lowest BCUT2D eigenvalue weighted by Crippen LogP contribution is -2.05. The molecule has 1 heterocycles. The van der Waals surface area contributed by atoms with Crippen LogP contribution >= 0.6 is 0 Å². The third kappa shape index (κ3) is 11.5. The summed E-state index contributed by atoms with van der Waals surface area (Å²) in [5.41, 5.74) is 15.4. The molecule has 0 spiro atoms. The number of anilines is 3. The van der Waals surface area contributed by atoms with Crippen LogP contribution in [-0.2, 0) is 14.3 Å². The van der Waals surface area contributed by atoms with E-state index >= 15 is 0 Å². The molecule has 0 saturated heterocycles. The zero-order chi connectivity index (χ0) is 15.3. The van der Waals surface area contributed by atoms with Gasteiger partial charge in [-0.3, -0.25) is 0 Å². The molecule has 0 aliphatic heterocycles. The molecule has 0 radical (unpaired) electrons. The normalized spacial score (nSPS) is 8.05. The lowest BCUT2D eigenvalue weighted by Gasteiger charge is -1.94. The fourth-order valence-electron chi connectivity index (χ4n) is 0.632. The molecular formula is C9H16N6O4. The van der Waals surface area contributed by atoms with Gasteiger partial charge in [0.2, 0.25) is 17.8 Å². The number of aliphatic hydroxyl groups is 1. The average Bonchev–Trinajstić information content (AvgIpc) is 2.37. The van der Waals surface area contributed by atoms with Crippen molar-refractivity contribution >= 4 is 30.6 Å². The predicted octanol–water partition coefficient (Wildman–Crippen LogP) is -1.86. The van der Waals surface area contributed by atoms with Gasteiger partial charge in [0.05, 0.1) is 6.61 Å². The van der Waals surface area contributed by atoms with Crippen LogP contribution < -0.4 is 17.2 Å². The van der Waals surface area contributed by atoms with Crippen LogP contribution in [0, 0.1) is 0 Å². The molecule has 106 valence electrons. The van der Waals surface area contributed by atoms with Crippen molar-refractivity contribution in [3.8, 4) is 0 Å². The molecule has 0 fully saturated rings. The Morgan fingerprint density at radius 1 is 1.16 bits per heavy atom. The molecule has 1 aromatic heterocycles. The van der Waals surface area contributed by atoms with Crippen LogP contribution in [-0.4, -0.2) is 46.0 Å². The van der Waals surface area contributed by atoms with Crippen molar-refractivity contribution in [1.82, 2.24) is 15.0 Å². The summed E-state index contributed by atoms with van der Waals surface area (Å²) in [6, 6.07) is 0. The summed E-state index contributed by atoms with van der Waals surface area (Å²) in [4.78, 5) is 28.6. The first kappa shape index (κ1) is 18.6. The quantitative estimate of drug-likeness (QED) is 0.359. The lowest BCUT2D eigenvalue weighted by atomic mass is 10.6. The largest absolute Gasteiger partial charge is 0.460 e. The van der Waals surface area contributed by atoms with Crippen LogP contribution in [0.4, 0.5) is 17.8 Å². The Morgan fingerprint density at radius 3 is 1.79 bits per heavy atom. The fourth-order valence-corrected chi connectivity index (χ4v) is 0.632. The molecule has 0 aliphatic carbocycles. The van der Waals surface area contributed by atoms with E-state index < -0.39 is 5.97 Å². The molecule has 7 N–H and O–H groups in total. The highest BCUT2D eigenvalue weighted by Gasteiger charge is 1.93. The fraction of sp³-hybridized carbons (Fsp3) is 0.222. The molecule has 0 amide bonds. The smallest absolute Gasteiger partial charge is 0.330 e. The summed E-state index contributed by atoms with van der Waals surface area (Å²) < 4.78 is 4.33. The van der Waals surface area contributed by atoms with Crippen LogP contribution in [0.5, 0.6) is 0 Å². The average molecular weight is 272 g/mol. The number of rotatable bonds is 3. The van der Waals surface area contributed by atoms with E-state index in [9.17, 15) is 4.79 Å². The maximum atomic E-state index is 10.1. The second-order valence-electron chi connectivity index (χ2n) is 2.51. The number of nitrogens with two attached hydrogens (primary N) is 3. The van der Waals surface area contributed by atoms with Crippen LogP contribution in [0.25, 0.3) is 0 Å². The highest BCUT2D eigenvalue weighted by Crippen LogP contribution is 1.97. The molecule has 1 aromatic rings. The van der Waals surface area contributed by atoms with Gasteiger partial charge in [0.15, 0.2) is 0 Å². The van der Waals surface area contributed by atoms with Gasteiger partial charge in [-0.05, 0) is 0 Å². The Bertz CT molecular complexity index is 350. The first-order chi connectivity index (χ1) is 8.99. The van der Waals surface area contributed by atoms with E-state index in [1.165, 1.54) is 0 Å². The molecule has 1 rings (SSSR count). The summed E-state index contributed by atoms with van der Waals surface area (Å²) in [6.45, 7) is 5.06. The van der Waals surface area contributed by atoms with E-state index in [1.807, 2.05) is 6.79 Å². The minimum Gasteiger partial charge on any atom is -0.460 e. The molecule has 10 nitrogen and oxygen atoms in total. The van der Waals surface area contributed by atoms with Gasteiger partial charge in [-0.1, -0.05) is 6.58 Å². The van der Waals surface area contributed by atoms with E-state index in [-0.39, 0.29) is 31.1 Å². The maximum absolute atomic E-state index is 10.1. The summed E-state index contributed by atoms with van der Waals surface area (Å²) >= 11 is 0. The summed E-state index contributed by atoms with van der Waals surface area (Å²) in [5, 5.41) is 8.10. The van der Waals surface area contributed by atoms with Gasteiger partial charge in [0.1, 0.15) is 13.4 Å². The second kappa shape index (κ2) is 11.7. The highest BCUT2D eigenvalue weighted by molar-refractivity contribution is 5.81. The number of hydrogen-bond acceptors (Lipinski definition) is 10. The van der Waals surface area contributed by atoms with Crippen molar-refractivity contribution in [1.29, 1.82) is 0 Å². The van der Waals surface area contributed by atoms with Gasteiger partial charge in [-0.2, -0.15) is 15.0 Å². The lowest BCUT2D eigenvalue weighted by molar-refractivity contribution is -0.138. The summed E-state index contributed by atoms with van der Waals surface area (Å²) in [6.07, 6.45) is 1.05. The third-order valence-corrected chi connectivity index (χ3v) is 1.19. The summed E-state index contributed by atoms with van der Waals surface area (Å²) in [7, 11) is 0. The van der Waals surface area contributed by atoms with Crippen LogP contribution in [0.3, 0.4) is 0 Å². The molecule has 19 heavy (non-hydrogen) atoms. The number of ether oxygens (including phenoxy) is 1. The number of nitrogen functional groups attached to an aromatic ring is 3. The number of carbonyl (C=O) groups excluding carboxylic acids is 2. The number of hydrogen-bond donors (Lipinski definition) is 4. The Labute approximate surface area is 109 Å². The number of nitrogens with zero attached hydrogens (tertiary/aromatic N) is 3. The van der Waals surface area contributed by atoms with E-state index in [4.69, 9.17) is 27.1 Å². The van der Waals surface area contributed by atoms with E-state index in [2.05, 4.69) is 26.3 Å². The highest BCUT2D eigenvalue weighted by atomic mass is 16.5. The standard InChI is InChI=1S/C5H8O3.C3H6N6.CH2O/c1-2-5(7)8-4-3-6;4-1-7-2(5)9-3(6)8-1;1-2/h2,6H,1,3-4H2;(H6,4,5,6,7,8,9);1H2. The summed E-state index contributed by atoms with van der Waals surface area (Å²) in [5.74, 6) is -0.376. The molecular weight excluding hydrogens is 256 g/mol. The first-order valence-corrected chi connectivity index (χ1v) is 4.71. The monoisotopic (exact) mass is 272 g/mol. The maximum Gasteiger partial charge on any atom is 0.330 e. The van der Waals surface area contributed by atoms with Gasteiger partial charge >= 0.3 is 5.97 Å². The Morgan fingerprint density at radius 2 is 1.53 bits per heavy atom. The molecule has 0 unspecified atom stereocenters. The SMILES string of the molecule is C=CC(=O)OCCO.C=O.Nc1nc(N)nc(N)n1. The topological polar surface area (TPSA) is 180 Å². The predicted molar refractivity (Wildman–Crippen MR) is 68.4 cm³/mol. The third-order valence-electron chi connectivity index (χ3n) is 1.19. The Kier molecular flexibility index (Phi) is 11.5. The van der Waals surface area contributed by atoms with Crippen molar-refractivity contribution < 1.29 is 19.4 Å². The van der Waals surface area contributed by atoms with Crippen LogP contribution in [0.15, 0.2) is 12.7 Å². The Balaban J connectivity index is 0. The molecule has 0 atom stereocenters. The number of esters is 1. The first-order valence-electron chi connectivity index (χ1n) is 4.71. The number of aliphatic hydroxyl groups excluding tert-OH is 1. The van der Waals surface area contributed by atoms with E-state index in [0.29, 0.717) is 0 Å². The van der Waals surface area contributed by atoms with E-state index in [1.54, 1.807) is 0 Å². The van der Waals surface area contributed by atoms with Gasteiger partial charge < -0.3 is 31.8 Å². The van der Waals surface area contributed by atoms with E-state index in [0.717, 1.165) is 6.08 Å². The van der Waals surface area contributed by atoms with Crippen molar-refractivity contribution in [2.45, 2.75) is 0 Å². The minimum absolute atomic E-state index is 0.0417. The van der Waals surface area contributed by atoms with Crippen LogP contribution in [0.2, 0.25) is 0 Å². The minimum atomic E-state index is -0.501. The number of carbonyl (C=O) groups is 2.